The van der Waals surface area contributed by atoms with Gasteiger partial charge in [-0.1, -0.05) is 40.5 Å². The largest absolute Gasteiger partial charge is 0.461 e. The number of benzene rings is 1. The van der Waals surface area contributed by atoms with Crippen molar-refractivity contribution in [2.24, 2.45) is 0 Å². The Kier molecular flexibility index (Phi) is 4.13. The summed E-state index contributed by atoms with van der Waals surface area (Å²) in [5.74, 6) is 0.497. The molecule has 22 heavy (non-hydrogen) atoms. The number of carbonyl (C=O) groups is 1. The topological polar surface area (TPSA) is 81.2 Å². The molecule has 0 aliphatic carbocycles. The number of alkyl halides is 2. The average molecular weight is 338 g/mol. The molecule has 0 spiro atoms. The fourth-order valence-electron chi connectivity index (χ4n) is 1.80. The van der Waals surface area contributed by atoms with Gasteiger partial charge in [0.2, 0.25) is 5.82 Å². The molecule has 3 rings (SSSR count). The molecule has 2 heterocycles. The van der Waals surface area contributed by atoms with Gasteiger partial charge in [0.1, 0.15) is 0 Å². The van der Waals surface area contributed by atoms with Crippen LogP contribution in [0.1, 0.15) is 0 Å². The number of para-hydroxylation sites is 1. The molecule has 0 radical (unpaired) electrons. The smallest absolute Gasteiger partial charge is 0.260 e. The molecule has 6 nitrogen and oxygen atoms in total. The first kappa shape index (κ1) is 14.6. The van der Waals surface area contributed by atoms with Crippen molar-refractivity contribution < 1.29 is 13.7 Å². The van der Waals surface area contributed by atoms with E-state index in [9.17, 15) is 4.79 Å². The molecule has 1 aromatic carbocycles. The summed E-state index contributed by atoms with van der Waals surface area (Å²) >= 11 is 11.1. The van der Waals surface area contributed by atoms with Crippen molar-refractivity contribution in [2.75, 3.05) is 5.32 Å². The van der Waals surface area contributed by atoms with E-state index in [0.29, 0.717) is 22.8 Å². The molecule has 3 aromatic rings. The first-order chi connectivity index (χ1) is 10.6. The molecule has 112 valence electrons. The van der Waals surface area contributed by atoms with Gasteiger partial charge in [0.15, 0.2) is 10.6 Å². The van der Waals surface area contributed by atoms with Crippen LogP contribution in [0.15, 0.2) is 51.6 Å². The van der Waals surface area contributed by atoms with Gasteiger partial charge in [-0.3, -0.25) is 4.79 Å². The summed E-state index contributed by atoms with van der Waals surface area (Å²) in [6, 6.07) is 10.4. The van der Waals surface area contributed by atoms with Gasteiger partial charge in [0, 0.05) is 0 Å². The third kappa shape index (κ3) is 2.98. The van der Waals surface area contributed by atoms with E-state index in [1.165, 1.54) is 6.26 Å². The summed E-state index contributed by atoms with van der Waals surface area (Å²) < 4.78 is 10.4. The Bertz CT molecular complexity index is 784. The maximum absolute atomic E-state index is 11.6. The lowest BCUT2D eigenvalue weighted by Crippen LogP contribution is -2.18. The highest BCUT2D eigenvalue weighted by molar-refractivity contribution is 6.54. The molecule has 1 amide bonds. The average Bonchev–Trinajstić information content (AvgIpc) is 3.19. The number of anilines is 1. The van der Waals surface area contributed by atoms with E-state index in [2.05, 4.69) is 15.5 Å². The van der Waals surface area contributed by atoms with E-state index in [4.69, 9.17) is 32.1 Å². The lowest BCUT2D eigenvalue weighted by molar-refractivity contribution is -0.114. The number of carbonyl (C=O) groups excluding carboxylic acids is 1. The minimum absolute atomic E-state index is 0.239. The van der Waals surface area contributed by atoms with Gasteiger partial charge in [-0.2, -0.15) is 4.98 Å². The van der Waals surface area contributed by atoms with Gasteiger partial charge >= 0.3 is 0 Å². The van der Waals surface area contributed by atoms with Gasteiger partial charge in [0.05, 0.1) is 17.5 Å². The quantitative estimate of drug-likeness (QED) is 0.733. The zero-order valence-electron chi connectivity index (χ0n) is 11.0. The highest BCUT2D eigenvalue weighted by Gasteiger charge is 2.18. The Labute approximate surface area is 135 Å². The van der Waals surface area contributed by atoms with E-state index in [1.54, 1.807) is 36.4 Å². The van der Waals surface area contributed by atoms with Crippen LogP contribution in [0.5, 0.6) is 0 Å². The highest BCUT2D eigenvalue weighted by atomic mass is 35.5. The standard InChI is InChI=1S/C14H9Cl2N3O3/c15-11(16)13(20)17-9-5-2-1-4-8(9)14-18-12(19-22-14)10-6-3-7-21-10/h1-7,11H,(H,17,20). The number of nitrogens with one attached hydrogen (secondary N) is 1. The second kappa shape index (κ2) is 6.21. The summed E-state index contributed by atoms with van der Waals surface area (Å²) in [6.07, 6.45) is 1.51. The van der Waals surface area contributed by atoms with Gasteiger partial charge in [-0.25, -0.2) is 0 Å². The third-order valence-electron chi connectivity index (χ3n) is 2.78. The monoisotopic (exact) mass is 337 g/mol. The Morgan fingerprint density at radius 1 is 1.18 bits per heavy atom. The number of nitrogens with zero attached hydrogens (tertiary/aromatic N) is 2. The zero-order chi connectivity index (χ0) is 15.5. The summed E-state index contributed by atoms with van der Waals surface area (Å²) in [6.45, 7) is 0. The van der Waals surface area contributed by atoms with Crippen LogP contribution in [0.2, 0.25) is 0 Å². The van der Waals surface area contributed by atoms with Crippen LogP contribution in [0.25, 0.3) is 23.0 Å². The minimum atomic E-state index is -1.17. The molecular weight excluding hydrogens is 329 g/mol. The van der Waals surface area contributed by atoms with Crippen molar-refractivity contribution in [1.29, 1.82) is 0 Å². The summed E-state index contributed by atoms with van der Waals surface area (Å²) in [4.78, 5) is 14.7. The molecule has 8 heteroatoms. The second-order valence-corrected chi connectivity index (χ2v) is 5.33. The fraction of sp³-hybridized carbons (Fsp3) is 0.0714. The predicted molar refractivity (Wildman–Crippen MR) is 81.6 cm³/mol. The number of halogens is 2. The maximum atomic E-state index is 11.6. The summed E-state index contributed by atoms with van der Waals surface area (Å²) in [5.41, 5.74) is 1.02. The number of amides is 1. The highest BCUT2D eigenvalue weighted by Crippen LogP contribution is 2.28. The van der Waals surface area contributed by atoms with Crippen molar-refractivity contribution in [2.45, 2.75) is 4.84 Å². The molecule has 0 bridgehead atoms. The van der Waals surface area contributed by atoms with E-state index < -0.39 is 10.7 Å². The SMILES string of the molecule is O=C(Nc1ccccc1-c1nc(-c2ccco2)no1)C(Cl)Cl. The molecule has 0 aliphatic rings. The number of hydrogen-bond donors (Lipinski definition) is 1. The van der Waals surface area contributed by atoms with Crippen LogP contribution in [0, 0.1) is 0 Å². The van der Waals surface area contributed by atoms with E-state index in [1.807, 2.05) is 0 Å². The van der Waals surface area contributed by atoms with Crippen molar-refractivity contribution >= 4 is 34.8 Å². The van der Waals surface area contributed by atoms with Crippen LogP contribution >= 0.6 is 23.2 Å². The van der Waals surface area contributed by atoms with Crippen molar-refractivity contribution in [3.63, 3.8) is 0 Å². The van der Waals surface area contributed by atoms with Gasteiger partial charge < -0.3 is 14.3 Å². The summed E-state index contributed by atoms with van der Waals surface area (Å²) in [5, 5.41) is 6.44. The molecular formula is C14H9Cl2N3O3. The Balaban J connectivity index is 1.94. The van der Waals surface area contributed by atoms with Gasteiger partial charge in [0.25, 0.3) is 11.8 Å². The molecule has 2 aromatic heterocycles. The minimum Gasteiger partial charge on any atom is -0.461 e. The Morgan fingerprint density at radius 2 is 2.00 bits per heavy atom. The van der Waals surface area contributed by atoms with Crippen LogP contribution in [-0.2, 0) is 4.79 Å². The number of furan rings is 1. The molecule has 1 N–H and O–H groups in total. The normalized spacial score (nSPS) is 10.9. The predicted octanol–water partition coefficient (Wildman–Crippen LogP) is 3.74. The first-order valence-electron chi connectivity index (χ1n) is 6.21. The molecule has 0 fully saturated rings. The lowest BCUT2D eigenvalue weighted by Gasteiger charge is -2.08. The summed E-state index contributed by atoms with van der Waals surface area (Å²) in [7, 11) is 0. The zero-order valence-corrected chi connectivity index (χ0v) is 12.5. The molecule has 0 saturated heterocycles. The molecule has 0 aliphatic heterocycles. The lowest BCUT2D eigenvalue weighted by atomic mass is 10.1. The van der Waals surface area contributed by atoms with Crippen LogP contribution in [0.4, 0.5) is 5.69 Å². The maximum Gasteiger partial charge on any atom is 0.260 e. The van der Waals surface area contributed by atoms with Crippen molar-refractivity contribution in [3.05, 3.63) is 42.7 Å². The number of aromatic nitrogens is 2. The third-order valence-corrected chi connectivity index (χ3v) is 3.18. The van der Waals surface area contributed by atoms with Crippen molar-refractivity contribution in [3.8, 4) is 23.0 Å². The molecule has 0 saturated carbocycles. The van der Waals surface area contributed by atoms with E-state index >= 15 is 0 Å². The molecule has 0 unspecified atom stereocenters. The van der Waals surface area contributed by atoms with Crippen LogP contribution in [0.3, 0.4) is 0 Å². The van der Waals surface area contributed by atoms with E-state index in [-0.39, 0.29) is 5.89 Å². The fourth-order valence-corrected chi connectivity index (χ4v) is 1.91. The number of rotatable bonds is 4. The van der Waals surface area contributed by atoms with Gasteiger partial charge in [-0.15, -0.1) is 0 Å². The van der Waals surface area contributed by atoms with Gasteiger partial charge in [-0.05, 0) is 24.3 Å². The van der Waals surface area contributed by atoms with Crippen LogP contribution in [-0.4, -0.2) is 20.9 Å². The second-order valence-electron chi connectivity index (χ2n) is 4.24. The first-order valence-corrected chi connectivity index (χ1v) is 7.08. The Hall–Kier alpha value is -2.31. The Morgan fingerprint density at radius 3 is 2.73 bits per heavy atom. The number of hydrogen-bond acceptors (Lipinski definition) is 5. The molecule has 0 atom stereocenters. The van der Waals surface area contributed by atoms with E-state index in [0.717, 1.165) is 0 Å². The van der Waals surface area contributed by atoms with Crippen LogP contribution < -0.4 is 5.32 Å². The van der Waals surface area contributed by atoms with Crippen molar-refractivity contribution in [1.82, 2.24) is 10.1 Å².